The molecule has 0 radical (unpaired) electrons. The minimum absolute atomic E-state index is 0.234. The Morgan fingerprint density at radius 3 is 2.23 bits per heavy atom. The second-order valence-corrected chi connectivity index (χ2v) is 10.3. The second-order valence-electron chi connectivity index (χ2n) is 9.90. The van der Waals surface area contributed by atoms with Crippen LogP contribution in [0, 0.1) is 24.7 Å². The van der Waals surface area contributed by atoms with Gasteiger partial charge < -0.3 is 9.73 Å². The molecule has 0 saturated heterocycles. The van der Waals surface area contributed by atoms with Gasteiger partial charge in [0, 0.05) is 16.6 Å². The molecule has 4 saturated carbocycles. The molecule has 3 nitrogen and oxygen atoms in total. The standard InChI is InChI=1S/C26H26ClNO2/c1-15-21-3-2-4-22(27)24(21)30-23(15)25(29)28-20-7-5-19(6-8-20)26-12-16-9-17(13-26)11-18(10-16)14-26/h2-8,16-18H,9-14H2,1H3,(H,28,29). The Balaban J connectivity index is 1.24. The highest BCUT2D eigenvalue weighted by Gasteiger charge is 2.51. The van der Waals surface area contributed by atoms with Gasteiger partial charge in [0.25, 0.3) is 5.91 Å². The first kappa shape index (κ1) is 18.5. The predicted octanol–water partition coefficient (Wildman–Crippen LogP) is 7.11. The molecule has 4 fully saturated rings. The summed E-state index contributed by atoms with van der Waals surface area (Å²) in [6, 6.07) is 14.2. The summed E-state index contributed by atoms with van der Waals surface area (Å²) >= 11 is 6.23. The molecule has 1 heterocycles. The Hall–Kier alpha value is -2.26. The molecule has 1 aromatic heterocycles. The summed E-state index contributed by atoms with van der Waals surface area (Å²) in [6.07, 6.45) is 8.41. The van der Waals surface area contributed by atoms with E-state index in [-0.39, 0.29) is 5.91 Å². The summed E-state index contributed by atoms with van der Waals surface area (Å²) in [5.74, 6) is 2.88. The monoisotopic (exact) mass is 419 g/mol. The number of halogens is 1. The molecule has 4 aliphatic carbocycles. The summed E-state index contributed by atoms with van der Waals surface area (Å²) in [5.41, 5.74) is 4.03. The van der Waals surface area contributed by atoms with Gasteiger partial charge in [0.15, 0.2) is 11.3 Å². The lowest BCUT2D eigenvalue weighted by molar-refractivity contribution is -0.00518. The van der Waals surface area contributed by atoms with E-state index in [0.29, 0.717) is 21.8 Å². The topological polar surface area (TPSA) is 42.2 Å². The number of fused-ring (bicyclic) bond motifs is 1. The van der Waals surface area contributed by atoms with E-state index in [9.17, 15) is 4.79 Å². The molecule has 0 aliphatic heterocycles. The molecule has 0 spiro atoms. The van der Waals surface area contributed by atoms with Crippen molar-refractivity contribution >= 4 is 34.2 Å². The first-order valence-electron chi connectivity index (χ1n) is 11.1. The molecule has 154 valence electrons. The van der Waals surface area contributed by atoms with Gasteiger partial charge in [0.1, 0.15) is 0 Å². The first-order valence-corrected chi connectivity index (χ1v) is 11.5. The van der Waals surface area contributed by atoms with Crippen LogP contribution in [-0.4, -0.2) is 5.91 Å². The van der Waals surface area contributed by atoms with Gasteiger partial charge in [-0.3, -0.25) is 4.79 Å². The van der Waals surface area contributed by atoms with Crippen molar-refractivity contribution in [3.8, 4) is 0 Å². The van der Waals surface area contributed by atoms with Gasteiger partial charge >= 0.3 is 0 Å². The van der Waals surface area contributed by atoms with Crippen molar-refractivity contribution in [3.05, 3.63) is 64.4 Å². The fraction of sp³-hybridized carbons (Fsp3) is 0.423. The largest absolute Gasteiger partial charge is 0.449 e. The first-order chi connectivity index (χ1) is 14.5. The third kappa shape index (κ3) is 2.82. The van der Waals surface area contributed by atoms with Crippen LogP contribution >= 0.6 is 11.6 Å². The average Bonchev–Trinajstić information content (AvgIpc) is 3.06. The second kappa shape index (κ2) is 6.62. The Bertz CT molecular complexity index is 1110. The molecule has 4 bridgehead atoms. The number of para-hydroxylation sites is 1. The van der Waals surface area contributed by atoms with E-state index in [0.717, 1.165) is 34.4 Å². The lowest BCUT2D eigenvalue weighted by Gasteiger charge is -2.57. The van der Waals surface area contributed by atoms with Crippen molar-refractivity contribution in [2.45, 2.75) is 50.9 Å². The minimum atomic E-state index is -0.234. The van der Waals surface area contributed by atoms with Crippen LogP contribution in [0.3, 0.4) is 0 Å². The Morgan fingerprint density at radius 1 is 1.00 bits per heavy atom. The summed E-state index contributed by atoms with van der Waals surface area (Å²) in [4.78, 5) is 12.9. The van der Waals surface area contributed by atoms with Crippen molar-refractivity contribution in [1.29, 1.82) is 0 Å². The zero-order chi connectivity index (χ0) is 20.5. The van der Waals surface area contributed by atoms with Crippen molar-refractivity contribution < 1.29 is 9.21 Å². The molecule has 4 heteroatoms. The van der Waals surface area contributed by atoms with Gasteiger partial charge in [-0.15, -0.1) is 0 Å². The van der Waals surface area contributed by atoms with Crippen molar-refractivity contribution in [1.82, 2.24) is 0 Å². The van der Waals surface area contributed by atoms with Crippen LogP contribution in [0.15, 0.2) is 46.9 Å². The summed E-state index contributed by atoms with van der Waals surface area (Å²) in [6.45, 7) is 1.90. The van der Waals surface area contributed by atoms with Crippen LogP contribution in [0.1, 0.15) is 60.2 Å². The number of benzene rings is 2. The quantitative estimate of drug-likeness (QED) is 0.491. The Morgan fingerprint density at radius 2 is 1.63 bits per heavy atom. The molecule has 2 aromatic carbocycles. The van der Waals surface area contributed by atoms with Crippen LogP contribution in [0.4, 0.5) is 5.69 Å². The lowest BCUT2D eigenvalue weighted by Crippen LogP contribution is -2.48. The minimum Gasteiger partial charge on any atom is -0.449 e. The molecule has 30 heavy (non-hydrogen) atoms. The molecular weight excluding hydrogens is 394 g/mol. The van der Waals surface area contributed by atoms with Crippen LogP contribution in [0.25, 0.3) is 11.0 Å². The number of carbonyl (C=O) groups is 1. The van der Waals surface area contributed by atoms with E-state index in [4.69, 9.17) is 16.0 Å². The number of hydrogen-bond donors (Lipinski definition) is 1. The number of anilines is 1. The van der Waals surface area contributed by atoms with Gasteiger partial charge in [-0.05, 0) is 92.4 Å². The zero-order valence-electron chi connectivity index (χ0n) is 17.2. The number of rotatable bonds is 3. The van der Waals surface area contributed by atoms with Gasteiger partial charge in [0.2, 0.25) is 0 Å². The number of furan rings is 1. The SMILES string of the molecule is Cc1c(C(=O)Nc2ccc(C34CC5CC(CC(C5)C3)C4)cc2)oc2c(Cl)cccc12. The van der Waals surface area contributed by atoms with Gasteiger partial charge in [0.05, 0.1) is 5.02 Å². The maximum absolute atomic E-state index is 12.9. The number of aryl methyl sites for hydroxylation is 1. The van der Waals surface area contributed by atoms with Crippen LogP contribution < -0.4 is 5.32 Å². The van der Waals surface area contributed by atoms with Crippen molar-refractivity contribution in [2.24, 2.45) is 17.8 Å². The van der Waals surface area contributed by atoms with E-state index in [1.54, 1.807) is 6.07 Å². The lowest BCUT2D eigenvalue weighted by atomic mass is 9.48. The third-order valence-electron chi connectivity index (χ3n) is 7.92. The summed E-state index contributed by atoms with van der Waals surface area (Å²) < 4.78 is 5.81. The third-order valence-corrected chi connectivity index (χ3v) is 8.21. The number of hydrogen-bond acceptors (Lipinski definition) is 2. The highest BCUT2D eigenvalue weighted by atomic mass is 35.5. The van der Waals surface area contributed by atoms with E-state index < -0.39 is 0 Å². The molecular formula is C26H26ClNO2. The van der Waals surface area contributed by atoms with Gasteiger partial charge in [-0.2, -0.15) is 0 Å². The van der Waals surface area contributed by atoms with Crippen LogP contribution in [0.2, 0.25) is 5.02 Å². The normalized spacial score (nSPS) is 29.5. The molecule has 0 atom stereocenters. The summed E-state index contributed by atoms with van der Waals surface area (Å²) in [7, 11) is 0. The highest BCUT2D eigenvalue weighted by molar-refractivity contribution is 6.35. The smallest absolute Gasteiger partial charge is 0.291 e. The zero-order valence-corrected chi connectivity index (χ0v) is 18.0. The Kier molecular flexibility index (Phi) is 4.08. The van der Waals surface area contributed by atoms with Crippen molar-refractivity contribution in [2.75, 3.05) is 5.32 Å². The molecule has 1 N–H and O–H groups in total. The maximum atomic E-state index is 12.9. The van der Waals surface area contributed by atoms with Crippen LogP contribution in [0.5, 0.6) is 0 Å². The molecule has 7 rings (SSSR count). The van der Waals surface area contributed by atoms with E-state index >= 15 is 0 Å². The van der Waals surface area contributed by atoms with E-state index in [1.165, 1.54) is 44.1 Å². The fourth-order valence-corrected chi connectivity index (χ4v) is 7.20. The van der Waals surface area contributed by atoms with Gasteiger partial charge in [-0.25, -0.2) is 0 Å². The fourth-order valence-electron chi connectivity index (χ4n) is 6.98. The van der Waals surface area contributed by atoms with Gasteiger partial charge in [-0.1, -0.05) is 35.9 Å². The number of carbonyl (C=O) groups excluding carboxylic acids is 1. The van der Waals surface area contributed by atoms with Crippen molar-refractivity contribution in [3.63, 3.8) is 0 Å². The predicted molar refractivity (Wildman–Crippen MR) is 120 cm³/mol. The summed E-state index contributed by atoms with van der Waals surface area (Å²) in [5, 5.41) is 4.41. The number of amides is 1. The molecule has 1 amide bonds. The van der Waals surface area contributed by atoms with Crippen LogP contribution in [-0.2, 0) is 5.41 Å². The molecule has 3 aromatic rings. The highest BCUT2D eigenvalue weighted by Crippen LogP contribution is 2.60. The van der Waals surface area contributed by atoms with E-state index in [2.05, 4.69) is 29.6 Å². The molecule has 4 aliphatic rings. The Labute approximate surface area is 181 Å². The van der Waals surface area contributed by atoms with E-state index in [1.807, 2.05) is 19.1 Å². The maximum Gasteiger partial charge on any atom is 0.291 e. The average molecular weight is 420 g/mol. The number of nitrogens with one attached hydrogen (secondary N) is 1. The molecule has 0 unspecified atom stereocenters.